The van der Waals surface area contributed by atoms with Crippen LogP contribution < -0.4 is 0 Å². The SMILES string of the molecule is CC(=O)C1=C(C)N(Cn2c(-c3ccccc3)nc3ccccc32)C(C)=C(C(C)=O)C1c1ccccc1. The summed E-state index contributed by atoms with van der Waals surface area (Å²) in [5, 5.41) is 0. The summed E-state index contributed by atoms with van der Waals surface area (Å²) in [6.07, 6.45) is 0. The first-order valence-corrected chi connectivity index (χ1v) is 12.1. The minimum absolute atomic E-state index is 0.0311. The van der Waals surface area contributed by atoms with Gasteiger partial charge >= 0.3 is 0 Å². The minimum atomic E-state index is -0.384. The topological polar surface area (TPSA) is 55.2 Å². The molecule has 0 saturated carbocycles. The molecule has 180 valence electrons. The molecule has 2 heterocycles. The maximum Gasteiger partial charge on any atom is 0.158 e. The Morgan fingerprint density at radius 3 is 1.86 bits per heavy atom. The van der Waals surface area contributed by atoms with Crippen molar-refractivity contribution in [2.24, 2.45) is 0 Å². The fourth-order valence-electron chi connectivity index (χ4n) is 5.38. The van der Waals surface area contributed by atoms with Crippen molar-refractivity contribution in [2.45, 2.75) is 40.3 Å². The van der Waals surface area contributed by atoms with Crippen LogP contribution in [-0.4, -0.2) is 26.0 Å². The number of hydrogen-bond donors (Lipinski definition) is 0. The Kier molecular flexibility index (Phi) is 6.15. The number of hydrogen-bond acceptors (Lipinski definition) is 4. The van der Waals surface area contributed by atoms with Crippen molar-refractivity contribution in [1.29, 1.82) is 0 Å². The average molecular weight is 476 g/mol. The molecule has 36 heavy (non-hydrogen) atoms. The molecular formula is C31H29N3O2. The molecule has 0 aliphatic carbocycles. The number of aromatic nitrogens is 2. The van der Waals surface area contributed by atoms with E-state index < -0.39 is 0 Å². The van der Waals surface area contributed by atoms with Crippen LogP contribution in [0.1, 0.15) is 39.2 Å². The first-order valence-electron chi connectivity index (χ1n) is 12.1. The molecular weight excluding hydrogens is 446 g/mol. The standard InChI is InChI=1S/C31H29N3O2/c1-20-28(22(3)35)30(24-13-7-5-8-14-24)29(23(4)36)21(2)33(20)19-34-27-18-12-11-17-26(27)32-31(34)25-15-9-6-10-16-25/h5-18,30H,19H2,1-4H3. The first-order chi connectivity index (χ1) is 17.4. The molecule has 5 rings (SSSR count). The van der Waals surface area contributed by atoms with E-state index in [-0.39, 0.29) is 17.5 Å². The third-order valence-corrected chi connectivity index (χ3v) is 7.03. The Bertz CT molecular complexity index is 1490. The molecule has 0 bridgehead atoms. The van der Waals surface area contributed by atoms with Gasteiger partial charge in [-0.25, -0.2) is 4.98 Å². The predicted octanol–water partition coefficient (Wildman–Crippen LogP) is 6.49. The van der Waals surface area contributed by atoms with Gasteiger partial charge in [-0.3, -0.25) is 9.59 Å². The predicted molar refractivity (Wildman–Crippen MR) is 143 cm³/mol. The zero-order valence-corrected chi connectivity index (χ0v) is 21.0. The maximum absolute atomic E-state index is 13.1. The van der Waals surface area contributed by atoms with Gasteiger partial charge in [0.2, 0.25) is 0 Å². The number of para-hydroxylation sites is 2. The lowest BCUT2D eigenvalue weighted by molar-refractivity contribution is -0.114. The Morgan fingerprint density at radius 2 is 1.28 bits per heavy atom. The average Bonchev–Trinajstić information content (AvgIpc) is 3.25. The lowest BCUT2D eigenvalue weighted by Gasteiger charge is -2.38. The molecule has 4 aromatic rings. The highest BCUT2D eigenvalue weighted by Crippen LogP contribution is 2.43. The highest BCUT2D eigenvalue weighted by molar-refractivity contribution is 6.03. The molecule has 5 nitrogen and oxygen atoms in total. The Hall–Kier alpha value is -4.25. The Morgan fingerprint density at radius 1 is 0.750 bits per heavy atom. The highest BCUT2D eigenvalue weighted by atomic mass is 16.1. The molecule has 0 spiro atoms. The number of carbonyl (C=O) groups excluding carboxylic acids is 2. The second-order valence-electron chi connectivity index (χ2n) is 9.24. The summed E-state index contributed by atoms with van der Waals surface area (Å²) in [4.78, 5) is 33.2. The van der Waals surface area contributed by atoms with Crippen LogP contribution in [0.25, 0.3) is 22.4 Å². The Balaban J connectivity index is 1.71. The number of nitrogens with zero attached hydrogens (tertiary/aromatic N) is 3. The van der Waals surface area contributed by atoms with Gasteiger partial charge in [0, 0.05) is 34.0 Å². The van der Waals surface area contributed by atoms with E-state index >= 15 is 0 Å². The van der Waals surface area contributed by atoms with Gasteiger partial charge in [0.15, 0.2) is 11.6 Å². The van der Waals surface area contributed by atoms with Crippen molar-refractivity contribution in [3.8, 4) is 11.4 Å². The van der Waals surface area contributed by atoms with E-state index in [0.717, 1.165) is 39.4 Å². The quantitative estimate of drug-likeness (QED) is 0.320. The second-order valence-corrected chi connectivity index (χ2v) is 9.24. The summed E-state index contributed by atoms with van der Waals surface area (Å²) in [5.41, 5.74) is 6.88. The number of carbonyl (C=O) groups is 2. The number of rotatable bonds is 6. The van der Waals surface area contributed by atoms with Crippen LogP contribution >= 0.6 is 0 Å². The van der Waals surface area contributed by atoms with Crippen molar-refractivity contribution < 1.29 is 9.59 Å². The number of ketones is 2. The van der Waals surface area contributed by atoms with Gasteiger partial charge in [0.1, 0.15) is 12.5 Å². The van der Waals surface area contributed by atoms with E-state index in [4.69, 9.17) is 4.98 Å². The summed E-state index contributed by atoms with van der Waals surface area (Å²) in [6, 6.07) is 28.0. The Labute approximate surface area is 211 Å². The first kappa shape index (κ1) is 23.5. The largest absolute Gasteiger partial charge is 0.330 e. The third-order valence-electron chi connectivity index (χ3n) is 7.03. The lowest BCUT2D eigenvalue weighted by Crippen LogP contribution is -2.34. The van der Waals surface area contributed by atoms with Crippen LogP contribution in [-0.2, 0) is 16.3 Å². The van der Waals surface area contributed by atoms with E-state index in [1.54, 1.807) is 13.8 Å². The fourth-order valence-corrected chi connectivity index (χ4v) is 5.38. The minimum Gasteiger partial charge on any atom is -0.330 e. The van der Waals surface area contributed by atoms with E-state index in [0.29, 0.717) is 17.8 Å². The zero-order chi connectivity index (χ0) is 25.4. The van der Waals surface area contributed by atoms with E-state index in [2.05, 4.69) is 15.5 Å². The molecule has 0 fully saturated rings. The molecule has 3 aromatic carbocycles. The van der Waals surface area contributed by atoms with Crippen LogP contribution in [0.2, 0.25) is 0 Å². The van der Waals surface area contributed by atoms with Gasteiger partial charge in [0.05, 0.1) is 11.0 Å². The summed E-state index contributed by atoms with van der Waals surface area (Å²) >= 11 is 0. The molecule has 1 aliphatic rings. The van der Waals surface area contributed by atoms with Crippen LogP contribution in [0, 0.1) is 0 Å². The number of Topliss-reactive ketones (excluding diaryl/α,β-unsaturated/α-hetero) is 2. The van der Waals surface area contributed by atoms with Gasteiger partial charge in [-0.15, -0.1) is 0 Å². The highest BCUT2D eigenvalue weighted by Gasteiger charge is 2.37. The van der Waals surface area contributed by atoms with E-state index in [9.17, 15) is 9.59 Å². The fraction of sp³-hybridized carbons (Fsp3) is 0.194. The summed E-state index contributed by atoms with van der Waals surface area (Å²) in [6.45, 7) is 7.57. The summed E-state index contributed by atoms with van der Waals surface area (Å²) in [7, 11) is 0. The van der Waals surface area contributed by atoms with Crippen molar-refractivity contribution in [2.75, 3.05) is 0 Å². The normalized spacial score (nSPS) is 14.6. The molecule has 0 amide bonds. The van der Waals surface area contributed by atoms with Crippen molar-refractivity contribution in [1.82, 2.24) is 14.5 Å². The summed E-state index contributed by atoms with van der Waals surface area (Å²) in [5.74, 6) is 0.398. The molecule has 0 N–H and O–H groups in total. The maximum atomic E-state index is 13.1. The molecule has 1 aliphatic heterocycles. The van der Waals surface area contributed by atoms with Gasteiger partial charge in [0.25, 0.3) is 0 Å². The number of imidazole rings is 1. The lowest BCUT2D eigenvalue weighted by atomic mass is 9.77. The van der Waals surface area contributed by atoms with Crippen molar-refractivity contribution in [3.63, 3.8) is 0 Å². The smallest absolute Gasteiger partial charge is 0.158 e. The monoisotopic (exact) mass is 475 g/mol. The molecule has 5 heteroatoms. The number of allylic oxidation sites excluding steroid dienone is 4. The molecule has 0 unspecified atom stereocenters. The van der Waals surface area contributed by atoms with Crippen LogP contribution in [0.5, 0.6) is 0 Å². The van der Waals surface area contributed by atoms with Crippen LogP contribution in [0.3, 0.4) is 0 Å². The third kappa shape index (κ3) is 3.97. The van der Waals surface area contributed by atoms with E-state index in [1.807, 2.05) is 92.7 Å². The van der Waals surface area contributed by atoms with E-state index in [1.165, 1.54) is 0 Å². The molecule has 1 aromatic heterocycles. The number of benzene rings is 3. The molecule has 0 atom stereocenters. The van der Waals surface area contributed by atoms with Crippen LogP contribution in [0.4, 0.5) is 0 Å². The van der Waals surface area contributed by atoms with Gasteiger partial charge in [-0.05, 0) is 45.4 Å². The van der Waals surface area contributed by atoms with Gasteiger partial charge in [-0.1, -0.05) is 72.8 Å². The van der Waals surface area contributed by atoms with Crippen molar-refractivity contribution >= 4 is 22.6 Å². The second kappa shape index (κ2) is 9.42. The number of fused-ring (bicyclic) bond motifs is 1. The van der Waals surface area contributed by atoms with Gasteiger partial charge in [-0.2, -0.15) is 0 Å². The zero-order valence-electron chi connectivity index (χ0n) is 21.0. The summed E-state index contributed by atoms with van der Waals surface area (Å²) < 4.78 is 2.16. The molecule has 0 saturated heterocycles. The van der Waals surface area contributed by atoms with Gasteiger partial charge < -0.3 is 9.47 Å². The molecule has 0 radical (unpaired) electrons. The van der Waals surface area contributed by atoms with Crippen molar-refractivity contribution in [3.05, 3.63) is 113 Å². The van der Waals surface area contributed by atoms with Crippen LogP contribution in [0.15, 0.2) is 107 Å².